The Kier molecular flexibility index (Phi) is 3.84. The predicted octanol–water partition coefficient (Wildman–Crippen LogP) is 0.841. The molecule has 1 saturated carbocycles. The average molecular weight is 251 g/mol. The number of hydrogen-bond acceptors (Lipinski definition) is 4. The molecule has 2 unspecified atom stereocenters. The summed E-state index contributed by atoms with van der Waals surface area (Å²) in [6, 6.07) is 5.38. The first-order valence-corrected chi connectivity index (χ1v) is 5.81. The van der Waals surface area contributed by atoms with Crippen molar-refractivity contribution < 1.29 is 18.7 Å². The van der Waals surface area contributed by atoms with Gasteiger partial charge in [0.15, 0.2) is 0 Å². The van der Waals surface area contributed by atoms with Crippen molar-refractivity contribution >= 4 is 11.6 Å². The maximum atomic E-state index is 12.7. The quantitative estimate of drug-likeness (QED) is 0.788. The molecule has 0 saturated heterocycles. The van der Waals surface area contributed by atoms with Crippen LogP contribution in [-0.4, -0.2) is 30.3 Å². The van der Waals surface area contributed by atoms with E-state index in [1.807, 2.05) is 0 Å². The molecule has 96 valence electrons. The average Bonchev–Trinajstić information content (AvgIpc) is 2.39. The SMILES string of the molecule is CCOC1C(=O)C(=O)C1NCc1ccc(F)cc1. The number of nitrogens with one attached hydrogen (secondary N) is 1. The van der Waals surface area contributed by atoms with Crippen molar-refractivity contribution in [1.29, 1.82) is 0 Å². The number of carbonyl (C=O) groups is 2. The van der Waals surface area contributed by atoms with Crippen molar-refractivity contribution in [3.63, 3.8) is 0 Å². The fourth-order valence-electron chi connectivity index (χ4n) is 1.87. The third kappa shape index (κ3) is 2.47. The van der Waals surface area contributed by atoms with Gasteiger partial charge in [0.1, 0.15) is 18.0 Å². The molecular weight excluding hydrogens is 237 g/mol. The Morgan fingerprint density at radius 2 is 1.89 bits per heavy atom. The summed E-state index contributed by atoms with van der Waals surface area (Å²) in [6.07, 6.45) is -0.678. The number of halogens is 1. The Labute approximate surface area is 104 Å². The van der Waals surface area contributed by atoms with Gasteiger partial charge in [0.2, 0.25) is 11.6 Å². The summed E-state index contributed by atoms with van der Waals surface area (Å²) in [5.41, 5.74) is 0.846. The molecule has 1 aliphatic carbocycles. The lowest BCUT2D eigenvalue weighted by Crippen LogP contribution is -2.64. The molecule has 1 aromatic rings. The van der Waals surface area contributed by atoms with Crippen molar-refractivity contribution in [3.05, 3.63) is 35.6 Å². The summed E-state index contributed by atoms with van der Waals surface area (Å²) in [4.78, 5) is 22.6. The highest BCUT2D eigenvalue weighted by molar-refractivity contribution is 6.48. The zero-order valence-electron chi connectivity index (χ0n) is 9.98. The van der Waals surface area contributed by atoms with Crippen LogP contribution in [0.4, 0.5) is 4.39 Å². The van der Waals surface area contributed by atoms with Gasteiger partial charge in [-0.2, -0.15) is 0 Å². The standard InChI is InChI=1S/C13H14FNO3/c1-2-18-13-10(11(16)12(13)17)15-7-8-3-5-9(14)6-4-8/h3-6,10,13,15H,2,7H2,1H3. The van der Waals surface area contributed by atoms with Crippen LogP contribution in [0.3, 0.4) is 0 Å². The molecule has 0 amide bonds. The molecule has 0 aromatic heterocycles. The molecule has 0 spiro atoms. The minimum atomic E-state index is -0.678. The van der Waals surface area contributed by atoms with Crippen molar-refractivity contribution in [2.45, 2.75) is 25.6 Å². The van der Waals surface area contributed by atoms with Gasteiger partial charge in [-0.1, -0.05) is 12.1 Å². The van der Waals surface area contributed by atoms with Crippen LogP contribution in [0.15, 0.2) is 24.3 Å². The molecular formula is C13H14FNO3. The molecule has 2 atom stereocenters. The number of ether oxygens (including phenoxy) is 1. The zero-order valence-corrected chi connectivity index (χ0v) is 9.98. The van der Waals surface area contributed by atoms with Crippen LogP contribution in [-0.2, 0) is 20.9 Å². The number of carbonyl (C=O) groups excluding carboxylic acids is 2. The molecule has 0 aliphatic heterocycles. The molecule has 1 N–H and O–H groups in total. The molecule has 1 aromatic carbocycles. The van der Waals surface area contributed by atoms with Gasteiger partial charge in [0.05, 0.1) is 0 Å². The molecule has 0 radical (unpaired) electrons. The van der Waals surface area contributed by atoms with Crippen molar-refractivity contribution in [2.75, 3.05) is 6.61 Å². The van der Waals surface area contributed by atoms with Gasteiger partial charge >= 0.3 is 0 Å². The fourth-order valence-corrected chi connectivity index (χ4v) is 1.87. The summed E-state index contributed by atoms with van der Waals surface area (Å²) < 4.78 is 17.9. The number of benzene rings is 1. The monoisotopic (exact) mass is 251 g/mol. The van der Waals surface area contributed by atoms with E-state index < -0.39 is 23.7 Å². The highest BCUT2D eigenvalue weighted by Crippen LogP contribution is 2.16. The first-order chi connectivity index (χ1) is 8.63. The van der Waals surface area contributed by atoms with E-state index in [1.54, 1.807) is 19.1 Å². The van der Waals surface area contributed by atoms with E-state index in [0.717, 1.165) is 5.56 Å². The Morgan fingerprint density at radius 1 is 1.22 bits per heavy atom. The van der Waals surface area contributed by atoms with E-state index in [4.69, 9.17) is 4.74 Å². The highest BCUT2D eigenvalue weighted by atomic mass is 19.1. The van der Waals surface area contributed by atoms with Gasteiger partial charge in [-0.05, 0) is 24.6 Å². The minimum Gasteiger partial charge on any atom is -0.368 e. The van der Waals surface area contributed by atoms with Crippen LogP contribution in [0, 0.1) is 5.82 Å². The lowest BCUT2D eigenvalue weighted by molar-refractivity contribution is -0.158. The molecule has 0 heterocycles. The van der Waals surface area contributed by atoms with E-state index >= 15 is 0 Å². The first-order valence-electron chi connectivity index (χ1n) is 5.81. The summed E-state index contributed by atoms with van der Waals surface area (Å²) in [5.74, 6) is -1.23. The van der Waals surface area contributed by atoms with Gasteiger partial charge < -0.3 is 10.1 Å². The maximum Gasteiger partial charge on any atom is 0.230 e. The van der Waals surface area contributed by atoms with E-state index in [2.05, 4.69) is 5.32 Å². The molecule has 5 heteroatoms. The Balaban J connectivity index is 1.91. The van der Waals surface area contributed by atoms with Gasteiger partial charge in [0.25, 0.3) is 0 Å². The summed E-state index contributed by atoms with van der Waals surface area (Å²) >= 11 is 0. The second-order valence-corrected chi connectivity index (χ2v) is 4.09. The van der Waals surface area contributed by atoms with Crippen LogP contribution in [0.1, 0.15) is 12.5 Å². The minimum absolute atomic E-state index is 0.305. The Bertz CT molecular complexity index is 458. The zero-order chi connectivity index (χ0) is 13.1. The summed E-state index contributed by atoms with van der Waals surface area (Å²) in [7, 11) is 0. The largest absolute Gasteiger partial charge is 0.368 e. The molecule has 1 fully saturated rings. The van der Waals surface area contributed by atoms with Gasteiger partial charge in [-0.25, -0.2) is 4.39 Å². The van der Waals surface area contributed by atoms with Crippen LogP contribution in [0.5, 0.6) is 0 Å². The van der Waals surface area contributed by atoms with E-state index in [0.29, 0.717) is 13.2 Å². The number of hydrogen-bond donors (Lipinski definition) is 1. The van der Waals surface area contributed by atoms with Crippen LogP contribution < -0.4 is 5.32 Å². The lowest BCUT2D eigenvalue weighted by atomic mass is 9.85. The predicted molar refractivity (Wildman–Crippen MR) is 62.5 cm³/mol. The number of rotatable bonds is 5. The number of Topliss-reactive ketones (excluding diaryl/α,β-unsaturated/α-hetero) is 2. The second kappa shape index (κ2) is 5.37. The smallest absolute Gasteiger partial charge is 0.230 e. The van der Waals surface area contributed by atoms with Gasteiger partial charge in [0, 0.05) is 13.2 Å². The summed E-state index contributed by atoms with van der Waals surface area (Å²) in [5, 5.41) is 2.95. The van der Waals surface area contributed by atoms with Crippen LogP contribution >= 0.6 is 0 Å². The second-order valence-electron chi connectivity index (χ2n) is 4.09. The van der Waals surface area contributed by atoms with E-state index in [-0.39, 0.29) is 5.82 Å². The number of ketones is 2. The van der Waals surface area contributed by atoms with E-state index in [9.17, 15) is 14.0 Å². The van der Waals surface area contributed by atoms with Gasteiger partial charge in [-0.15, -0.1) is 0 Å². The molecule has 1 aliphatic rings. The van der Waals surface area contributed by atoms with Crippen molar-refractivity contribution in [3.8, 4) is 0 Å². The maximum absolute atomic E-state index is 12.7. The topological polar surface area (TPSA) is 55.4 Å². The van der Waals surface area contributed by atoms with Crippen LogP contribution in [0.2, 0.25) is 0 Å². The molecule has 4 nitrogen and oxygen atoms in total. The third-order valence-corrected chi connectivity index (χ3v) is 2.87. The third-order valence-electron chi connectivity index (χ3n) is 2.87. The molecule has 18 heavy (non-hydrogen) atoms. The Hall–Kier alpha value is -1.59. The Morgan fingerprint density at radius 3 is 2.50 bits per heavy atom. The molecule has 2 rings (SSSR count). The van der Waals surface area contributed by atoms with E-state index in [1.165, 1.54) is 12.1 Å². The van der Waals surface area contributed by atoms with Crippen LogP contribution in [0.25, 0.3) is 0 Å². The van der Waals surface area contributed by atoms with Crippen molar-refractivity contribution in [1.82, 2.24) is 5.32 Å². The van der Waals surface area contributed by atoms with Crippen molar-refractivity contribution in [2.24, 2.45) is 0 Å². The molecule has 0 bridgehead atoms. The fraction of sp³-hybridized carbons (Fsp3) is 0.385. The normalized spacial score (nSPS) is 23.0. The summed E-state index contributed by atoms with van der Waals surface area (Å²) in [6.45, 7) is 2.55. The first kappa shape index (κ1) is 12.9. The highest BCUT2D eigenvalue weighted by Gasteiger charge is 2.49. The lowest BCUT2D eigenvalue weighted by Gasteiger charge is -2.33. The van der Waals surface area contributed by atoms with Gasteiger partial charge in [-0.3, -0.25) is 9.59 Å².